The zero-order valence-electron chi connectivity index (χ0n) is 9.43. The second-order valence-corrected chi connectivity index (χ2v) is 4.43. The van der Waals surface area contributed by atoms with Crippen LogP contribution < -0.4 is 5.32 Å². The van der Waals surface area contributed by atoms with E-state index in [-0.39, 0.29) is 6.04 Å². The molecule has 4 heteroatoms. The standard InChI is InChI=1S/C12H16ClF2N/c1-8(2)12(6-13)16-7-9-3-4-10(14)5-11(9)15/h3-5,8,12,16H,6-7H2,1-2H3. The van der Waals surface area contributed by atoms with Gasteiger partial charge in [0.1, 0.15) is 11.6 Å². The molecule has 0 aliphatic carbocycles. The van der Waals surface area contributed by atoms with Crippen molar-refractivity contribution in [2.75, 3.05) is 5.88 Å². The van der Waals surface area contributed by atoms with E-state index < -0.39 is 11.6 Å². The van der Waals surface area contributed by atoms with Crippen molar-refractivity contribution in [2.24, 2.45) is 5.92 Å². The van der Waals surface area contributed by atoms with Gasteiger partial charge in [0.05, 0.1) is 0 Å². The fourth-order valence-electron chi connectivity index (χ4n) is 1.37. The molecular formula is C12H16ClF2N. The monoisotopic (exact) mass is 247 g/mol. The maximum Gasteiger partial charge on any atom is 0.130 e. The molecule has 0 amide bonds. The summed E-state index contributed by atoms with van der Waals surface area (Å²) in [5.74, 6) is -0.231. The van der Waals surface area contributed by atoms with Gasteiger partial charge in [-0.25, -0.2) is 8.78 Å². The first-order valence-electron chi connectivity index (χ1n) is 5.28. The molecule has 0 aliphatic heterocycles. The van der Waals surface area contributed by atoms with Crippen LogP contribution in [0, 0.1) is 17.6 Å². The molecule has 1 unspecified atom stereocenters. The molecule has 0 radical (unpaired) electrons. The Morgan fingerprint density at radius 3 is 2.50 bits per heavy atom. The molecule has 0 spiro atoms. The molecule has 16 heavy (non-hydrogen) atoms. The number of hydrogen-bond acceptors (Lipinski definition) is 1. The van der Waals surface area contributed by atoms with E-state index in [2.05, 4.69) is 5.32 Å². The number of hydrogen-bond donors (Lipinski definition) is 1. The third-order valence-corrected chi connectivity index (χ3v) is 2.87. The van der Waals surface area contributed by atoms with Gasteiger partial charge in [-0.2, -0.15) is 0 Å². The van der Waals surface area contributed by atoms with E-state index in [4.69, 9.17) is 11.6 Å². The zero-order chi connectivity index (χ0) is 12.1. The second kappa shape index (κ2) is 6.16. The van der Waals surface area contributed by atoms with Crippen LogP contribution in [0.2, 0.25) is 0 Å². The highest BCUT2D eigenvalue weighted by Gasteiger charge is 2.12. The van der Waals surface area contributed by atoms with Crippen LogP contribution in [0.1, 0.15) is 19.4 Å². The van der Waals surface area contributed by atoms with Crippen molar-refractivity contribution in [2.45, 2.75) is 26.4 Å². The topological polar surface area (TPSA) is 12.0 Å². The molecule has 0 fully saturated rings. The summed E-state index contributed by atoms with van der Waals surface area (Å²) in [6.45, 7) is 4.45. The van der Waals surface area contributed by atoms with Crippen LogP contribution in [0.3, 0.4) is 0 Å². The number of rotatable bonds is 5. The summed E-state index contributed by atoms with van der Waals surface area (Å²) in [5, 5.41) is 3.15. The Bertz CT molecular complexity index is 342. The highest BCUT2D eigenvalue weighted by Crippen LogP contribution is 2.11. The molecule has 90 valence electrons. The maximum atomic E-state index is 13.3. The molecule has 0 aromatic heterocycles. The predicted octanol–water partition coefficient (Wildman–Crippen LogP) is 3.32. The van der Waals surface area contributed by atoms with Gasteiger partial charge in [-0.05, 0) is 12.0 Å². The Hall–Kier alpha value is -0.670. The lowest BCUT2D eigenvalue weighted by Crippen LogP contribution is -2.35. The minimum atomic E-state index is -0.556. The average Bonchev–Trinajstić information content (AvgIpc) is 2.21. The summed E-state index contributed by atoms with van der Waals surface area (Å²) in [6, 6.07) is 3.72. The smallest absolute Gasteiger partial charge is 0.130 e. The molecule has 0 saturated carbocycles. The normalized spacial score (nSPS) is 13.1. The Morgan fingerprint density at radius 2 is 2.00 bits per heavy atom. The molecule has 1 nitrogen and oxygen atoms in total. The molecule has 1 aromatic rings. The summed E-state index contributed by atoms with van der Waals surface area (Å²) in [4.78, 5) is 0. The van der Waals surface area contributed by atoms with Gasteiger partial charge in [-0.15, -0.1) is 11.6 Å². The third kappa shape index (κ3) is 3.72. The molecule has 1 atom stereocenters. The second-order valence-electron chi connectivity index (χ2n) is 4.12. The zero-order valence-corrected chi connectivity index (χ0v) is 10.2. The summed E-state index contributed by atoms with van der Waals surface area (Å²) < 4.78 is 26.0. The van der Waals surface area contributed by atoms with E-state index >= 15 is 0 Å². The number of nitrogens with one attached hydrogen (secondary N) is 1. The fourth-order valence-corrected chi connectivity index (χ4v) is 1.84. The molecular weight excluding hydrogens is 232 g/mol. The van der Waals surface area contributed by atoms with Crippen LogP contribution in [0.5, 0.6) is 0 Å². The minimum Gasteiger partial charge on any atom is -0.308 e. The Kier molecular flexibility index (Phi) is 5.16. The van der Waals surface area contributed by atoms with Gasteiger partial charge in [0.15, 0.2) is 0 Å². The molecule has 0 saturated heterocycles. The van der Waals surface area contributed by atoms with Crippen LogP contribution in [-0.2, 0) is 6.54 Å². The van der Waals surface area contributed by atoms with Crippen LogP contribution in [-0.4, -0.2) is 11.9 Å². The van der Waals surface area contributed by atoms with E-state index in [0.717, 1.165) is 6.07 Å². The lowest BCUT2D eigenvalue weighted by atomic mass is 10.1. The van der Waals surface area contributed by atoms with Gasteiger partial charge in [-0.1, -0.05) is 19.9 Å². The summed E-state index contributed by atoms with van der Waals surface area (Å²) in [7, 11) is 0. The number of halogens is 3. The quantitative estimate of drug-likeness (QED) is 0.787. The highest BCUT2D eigenvalue weighted by atomic mass is 35.5. The van der Waals surface area contributed by atoms with Crippen LogP contribution in [0.15, 0.2) is 18.2 Å². The SMILES string of the molecule is CC(C)C(CCl)NCc1ccc(F)cc1F. The van der Waals surface area contributed by atoms with E-state index in [1.165, 1.54) is 12.1 Å². The van der Waals surface area contributed by atoms with Crippen molar-refractivity contribution in [1.82, 2.24) is 5.32 Å². The summed E-state index contributed by atoms with van der Waals surface area (Å²) >= 11 is 5.78. The minimum absolute atomic E-state index is 0.131. The van der Waals surface area contributed by atoms with E-state index in [1.54, 1.807) is 0 Å². The lowest BCUT2D eigenvalue weighted by molar-refractivity contribution is 0.425. The van der Waals surface area contributed by atoms with Gasteiger partial charge < -0.3 is 5.32 Å². The van der Waals surface area contributed by atoms with E-state index in [1.807, 2.05) is 13.8 Å². The van der Waals surface area contributed by atoms with Crippen molar-refractivity contribution in [3.05, 3.63) is 35.4 Å². The first-order chi connectivity index (χ1) is 7.54. The largest absolute Gasteiger partial charge is 0.308 e. The fraction of sp³-hybridized carbons (Fsp3) is 0.500. The van der Waals surface area contributed by atoms with E-state index in [9.17, 15) is 8.78 Å². The highest BCUT2D eigenvalue weighted by molar-refractivity contribution is 6.18. The number of alkyl halides is 1. The third-order valence-electron chi connectivity index (χ3n) is 2.54. The molecule has 0 bridgehead atoms. The van der Waals surface area contributed by atoms with Crippen LogP contribution >= 0.6 is 11.6 Å². The predicted molar refractivity (Wildman–Crippen MR) is 62.5 cm³/mol. The Labute approximate surface area is 99.8 Å². The van der Waals surface area contributed by atoms with Gasteiger partial charge in [0.2, 0.25) is 0 Å². The average molecular weight is 248 g/mol. The van der Waals surface area contributed by atoms with Gasteiger partial charge in [0, 0.05) is 30.1 Å². The molecule has 1 rings (SSSR count). The Balaban J connectivity index is 2.60. The van der Waals surface area contributed by atoms with Crippen molar-refractivity contribution >= 4 is 11.6 Å². The van der Waals surface area contributed by atoms with Crippen LogP contribution in [0.25, 0.3) is 0 Å². The van der Waals surface area contributed by atoms with Crippen molar-refractivity contribution in [1.29, 1.82) is 0 Å². The summed E-state index contributed by atoms with van der Waals surface area (Å²) in [6.07, 6.45) is 0. The van der Waals surface area contributed by atoms with Crippen LogP contribution in [0.4, 0.5) is 8.78 Å². The molecule has 1 aromatic carbocycles. The summed E-state index contributed by atoms with van der Waals surface area (Å²) in [5.41, 5.74) is 0.456. The first-order valence-corrected chi connectivity index (χ1v) is 5.81. The van der Waals surface area contributed by atoms with E-state index in [0.29, 0.717) is 23.9 Å². The number of benzene rings is 1. The first kappa shape index (κ1) is 13.4. The molecule has 1 N–H and O–H groups in total. The van der Waals surface area contributed by atoms with Crippen molar-refractivity contribution in [3.8, 4) is 0 Å². The maximum absolute atomic E-state index is 13.3. The van der Waals surface area contributed by atoms with Crippen molar-refractivity contribution < 1.29 is 8.78 Å². The molecule has 0 heterocycles. The van der Waals surface area contributed by atoms with Gasteiger partial charge in [0.25, 0.3) is 0 Å². The lowest BCUT2D eigenvalue weighted by Gasteiger charge is -2.19. The van der Waals surface area contributed by atoms with Gasteiger partial charge in [-0.3, -0.25) is 0 Å². The van der Waals surface area contributed by atoms with Crippen molar-refractivity contribution in [3.63, 3.8) is 0 Å². The molecule has 0 aliphatic rings. The van der Waals surface area contributed by atoms with Gasteiger partial charge >= 0.3 is 0 Å². The Morgan fingerprint density at radius 1 is 1.31 bits per heavy atom.